The van der Waals surface area contributed by atoms with Crippen LogP contribution in [-0.2, 0) is 14.3 Å². The van der Waals surface area contributed by atoms with Gasteiger partial charge in [0.2, 0.25) is 0 Å². The highest BCUT2D eigenvalue weighted by atomic mass is 16.5. The van der Waals surface area contributed by atoms with Crippen molar-refractivity contribution in [3.05, 3.63) is 30.3 Å². The molecule has 1 aromatic rings. The second kappa shape index (κ2) is 8.49. The smallest absolute Gasteiger partial charge is 0.325 e. The van der Waals surface area contributed by atoms with E-state index in [0.29, 0.717) is 19.8 Å². The summed E-state index contributed by atoms with van der Waals surface area (Å²) < 4.78 is 15.4. The fourth-order valence-electron chi connectivity index (χ4n) is 1.26. The Bertz CT molecular complexity index is 342. The molecule has 5 nitrogen and oxygen atoms in total. The normalized spacial score (nSPS) is 11.9. The Kier molecular flexibility index (Phi) is 6.83. The number of para-hydroxylation sites is 1. The van der Waals surface area contributed by atoms with Gasteiger partial charge in [-0.2, -0.15) is 0 Å². The maximum absolute atomic E-state index is 11.2. The summed E-state index contributed by atoms with van der Waals surface area (Å²) in [6.07, 6.45) is 0. The van der Waals surface area contributed by atoms with E-state index in [2.05, 4.69) is 0 Å². The molecule has 0 saturated carbocycles. The Morgan fingerprint density at radius 2 is 2.00 bits per heavy atom. The Morgan fingerprint density at radius 1 is 1.28 bits per heavy atom. The van der Waals surface area contributed by atoms with Crippen LogP contribution in [0.2, 0.25) is 0 Å². The molecule has 0 heterocycles. The molecule has 5 heteroatoms. The molecule has 1 aromatic carbocycles. The number of carbonyl (C=O) groups excluding carboxylic acids is 1. The SMILES string of the molecule is CCOC(=O)C(N)COCCOc1ccccc1. The van der Waals surface area contributed by atoms with Crippen molar-refractivity contribution in [2.45, 2.75) is 13.0 Å². The van der Waals surface area contributed by atoms with E-state index in [1.165, 1.54) is 0 Å². The highest BCUT2D eigenvalue weighted by Gasteiger charge is 2.14. The number of nitrogens with two attached hydrogens (primary N) is 1. The van der Waals surface area contributed by atoms with Crippen molar-refractivity contribution in [1.29, 1.82) is 0 Å². The largest absolute Gasteiger partial charge is 0.491 e. The Labute approximate surface area is 107 Å². The minimum absolute atomic E-state index is 0.136. The summed E-state index contributed by atoms with van der Waals surface area (Å²) in [6, 6.07) is 8.71. The van der Waals surface area contributed by atoms with Gasteiger partial charge >= 0.3 is 5.97 Å². The van der Waals surface area contributed by atoms with Gasteiger partial charge in [0.1, 0.15) is 18.4 Å². The quantitative estimate of drug-likeness (QED) is 0.552. The lowest BCUT2D eigenvalue weighted by Gasteiger charge is -2.11. The monoisotopic (exact) mass is 253 g/mol. The molecule has 0 aliphatic carbocycles. The minimum atomic E-state index is -0.735. The molecule has 0 spiro atoms. The molecule has 1 rings (SSSR count). The number of hydrogen-bond acceptors (Lipinski definition) is 5. The molecule has 1 unspecified atom stereocenters. The lowest BCUT2D eigenvalue weighted by molar-refractivity contribution is -0.146. The zero-order valence-electron chi connectivity index (χ0n) is 10.5. The van der Waals surface area contributed by atoms with Crippen LogP contribution in [-0.4, -0.2) is 38.4 Å². The van der Waals surface area contributed by atoms with Crippen LogP contribution in [0.3, 0.4) is 0 Å². The van der Waals surface area contributed by atoms with Gasteiger partial charge < -0.3 is 19.9 Å². The van der Waals surface area contributed by atoms with E-state index >= 15 is 0 Å². The summed E-state index contributed by atoms with van der Waals surface area (Å²) in [4.78, 5) is 11.2. The molecular weight excluding hydrogens is 234 g/mol. The maximum Gasteiger partial charge on any atom is 0.325 e. The average molecular weight is 253 g/mol. The third kappa shape index (κ3) is 5.65. The van der Waals surface area contributed by atoms with E-state index < -0.39 is 12.0 Å². The van der Waals surface area contributed by atoms with E-state index in [0.717, 1.165) is 5.75 Å². The zero-order valence-corrected chi connectivity index (χ0v) is 10.5. The maximum atomic E-state index is 11.2. The second-order valence-corrected chi connectivity index (χ2v) is 3.59. The number of hydrogen-bond donors (Lipinski definition) is 1. The summed E-state index contributed by atoms with van der Waals surface area (Å²) in [6.45, 7) is 2.99. The van der Waals surface area contributed by atoms with Crippen LogP contribution in [0.1, 0.15) is 6.92 Å². The highest BCUT2D eigenvalue weighted by Crippen LogP contribution is 2.07. The van der Waals surface area contributed by atoms with Crippen molar-refractivity contribution in [2.75, 3.05) is 26.4 Å². The van der Waals surface area contributed by atoms with E-state index in [1.54, 1.807) is 6.92 Å². The van der Waals surface area contributed by atoms with Gasteiger partial charge in [0.05, 0.1) is 19.8 Å². The molecular formula is C13H19NO4. The number of ether oxygens (including phenoxy) is 3. The first kappa shape index (κ1) is 14.5. The van der Waals surface area contributed by atoms with Gasteiger partial charge in [0, 0.05) is 0 Å². The first-order chi connectivity index (χ1) is 8.74. The van der Waals surface area contributed by atoms with Crippen LogP contribution in [0.4, 0.5) is 0 Å². The standard InChI is InChI=1S/C13H19NO4/c1-2-17-13(15)12(14)10-16-8-9-18-11-6-4-3-5-7-11/h3-7,12H,2,8-10,14H2,1H3. The number of rotatable bonds is 8. The summed E-state index contributed by atoms with van der Waals surface area (Å²) in [5.41, 5.74) is 5.56. The van der Waals surface area contributed by atoms with E-state index in [1.807, 2.05) is 30.3 Å². The fourth-order valence-corrected chi connectivity index (χ4v) is 1.26. The third-order valence-corrected chi connectivity index (χ3v) is 2.13. The summed E-state index contributed by atoms with van der Waals surface area (Å²) in [5, 5.41) is 0. The van der Waals surface area contributed by atoms with Crippen molar-refractivity contribution < 1.29 is 19.0 Å². The number of benzene rings is 1. The van der Waals surface area contributed by atoms with Gasteiger partial charge in [-0.1, -0.05) is 18.2 Å². The van der Waals surface area contributed by atoms with Crippen LogP contribution in [0.5, 0.6) is 5.75 Å². The molecule has 0 saturated heterocycles. The lowest BCUT2D eigenvalue weighted by Crippen LogP contribution is -2.37. The van der Waals surface area contributed by atoms with Gasteiger partial charge in [-0.05, 0) is 19.1 Å². The molecule has 18 heavy (non-hydrogen) atoms. The van der Waals surface area contributed by atoms with Gasteiger partial charge in [-0.3, -0.25) is 4.79 Å². The van der Waals surface area contributed by atoms with E-state index in [-0.39, 0.29) is 6.61 Å². The first-order valence-corrected chi connectivity index (χ1v) is 5.92. The van der Waals surface area contributed by atoms with Crippen LogP contribution in [0, 0.1) is 0 Å². The van der Waals surface area contributed by atoms with Crippen molar-refractivity contribution in [3.63, 3.8) is 0 Å². The van der Waals surface area contributed by atoms with Crippen molar-refractivity contribution in [2.24, 2.45) is 5.73 Å². The average Bonchev–Trinajstić information content (AvgIpc) is 2.39. The van der Waals surface area contributed by atoms with Crippen LogP contribution in [0.25, 0.3) is 0 Å². The molecule has 0 aromatic heterocycles. The fraction of sp³-hybridized carbons (Fsp3) is 0.462. The zero-order chi connectivity index (χ0) is 13.2. The predicted molar refractivity (Wildman–Crippen MR) is 67.4 cm³/mol. The Balaban J connectivity index is 2.07. The first-order valence-electron chi connectivity index (χ1n) is 5.92. The molecule has 1 atom stereocenters. The molecule has 0 radical (unpaired) electrons. The number of carbonyl (C=O) groups is 1. The molecule has 100 valence electrons. The summed E-state index contributed by atoms with van der Waals surface area (Å²) in [5.74, 6) is 0.345. The number of esters is 1. The van der Waals surface area contributed by atoms with Crippen molar-refractivity contribution in [1.82, 2.24) is 0 Å². The Hall–Kier alpha value is -1.59. The topological polar surface area (TPSA) is 70.8 Å². The van der Waals surface area contributed by atoms with Crippen molar-refractivity contribution >= 4 is 5.97 Å². The van der Waals surface area contributed by atoms with E-state index in [9.17, 15) is 4.79 Å². The molecule has 0 fully saturated rings. The van der Waals surface area contributed by atoms with E-state index in [4.69, 9.17) is 19.9 Å². The molecule has 0 aliphatic rings. The van der Waals surface area contributed by atoms with Crippen LogP contribution in [0.15, 0.2) is 30.3 Å². The van der Waals surface area contributed by atoms with Gasteiger partial charge in [0.25, 0.3) is 0 Å². The summed E-state index contributed by atoms with van der Waals surface area (Å²) in [7, 11) is 0. The summed E-state index contributed by atoms with van der Waals surface area (Å²) >= 11 is 0. The second-order valence-electron chi connectivity index (χ2n) is 3.59. The van der Waals surface area contributed by atoms with Crippen LogP contribution < -0.4 is 10.5 Å². The molecule has 0 amide bonds. The molecule has 2 N–H and O–H groups in total. The third-order valence-electron chi connectivity index (χ3n) is 2.13. The highest BCUT2D eigenvalue weighted by molar-refractivity contribution is 5.75. The predicted octanol–water partition coefficient (Wildman–Crippen LogP) is 0.972. The van der Waals surface area contributed by atoms with Gasteiger partial charge in [-0.25, -0.2) is 0 Å². The van der Waals surface area contributed by atoms with Crippen LogP contribution >= 0.6 is 0 Å². The Morgan fingerprint density at radius 3 is 2.67 bits per heavy atom. The van der Waals surface area contributed by atoms with Crippen molar-refractivity contribution in [3.8, 4) is 5.75 Å². The molecule has 0 bridgehead atoms. The minimum Gasteiger partial charge on any atom is -0.491 e. The van der Waals surface area contributed by atoms with Gasteiger partial charge in [0.15, 0.2) is 0 Å². The van der Waals surface area contributed by atoms with Gasteiger partial charge in [-0.15, -0.1) is 0 Å². The lowest BCUT2D eigenvalue weighted by atomic mass is 10.3. The molecule has 0 aliphatic heterocycles.